The van der Waals surface area contributed by atoms with E-state index in [9.17, 15) is 14.4 Å². The molecule has 23 heavy (non-hydrogen) atoms. The standard InChI is InChI=1S/C16H22N4O3/c1-4-17-16(23)19-15(22)10(2)18-12-6-7-13-11(9-12)5-8-14(21)20(13)3/h6-7,9-10,18H,4-5,8H2,1-3H3,(H2,17,19,22,23)/t10-/m1/s1. The van der Waals surface area contributed by atoms with Crippen molar-refractivity contribution in [3.63, 3.8) is 0 Å². The average Bonchev–Trinajstić information content (AvgIpc) is 2.51. The first-order valence-electron chi connectivity index (χ1n) is 7.67. The summed E-state index contributed by atoms with van der Waals surface area (Å²) >= 11 is 0. The summed E-state index contributed by atoms with van der Waals surface area (Å²) in [7, 11) is 1.76. The SMILES string of the molecule is CCNC(=O)NC(=O)[C@@H](C)Nc1ccc2c(c1)CCC(=O)N2C. The third-order valence-electron chi connectivity index (χ3n) is 3.77. The fraction of sp³-hybridized carbons (Fsp3) is 0.438. The van der Waals surface area contributed by atoms with Gasteiger partial charge in [-0.2, -0.15) is 0 Å². The van der Waals surface area contributed by atoms with Crippen molar-refractivity contribution in [1.82, 2.24) is 10.6 Å². The molecule has 0 bridgehead atoms. The van der Waals surface area contributed by atoms with Crippen LogP contribution in [0.1, 0.15) is 25.8 Å². The number of rotatable bonds is 4. The quantitative estimate of drug-likeness (QED) is 0.779. The highest BCUT2D eigenvalue weighted by atomic mass is 16.2. The van der Waals surface area contributed by atoms with E-state index in [4.69, 9.17) is 0 Å². The fourth-order valence-corrected chi connectivity index (χ4v) is 2.49. The Morgan fingerprint density at radius 1 is 1.30 bits per heavy atom. The molecule has 0 aliphatic carbocycles. The number of benzene rings is 1. The van der Waals surface area contributed by atoms with Gasteiger partial charge in [0.25, 0.3) is 0 Å². The Morgan fingerprint density at radius 2 is 2.04 bits per heavy atom. The van der Waals surface area contributed by atoms with E-state index in [1.165, 1.54) is 0 Å². The maximum Gasteiger partial charge on any atom is 0.321 e. The molecule has 0 aromatic heterocycles. The monoisotopic (exact) mass is 318 g/mol. The summed E-state index contributed by atoms with van der Waals surface area (Å²) in [4.78, 5) is 36.6. The summed E-state index contributed by atoms with van der Waals surface area (Å²) in [6.07, 6.45) is 1.17. The van der Waals surface area contributed by atoms with Crippen LogP contribution in [0.15, 0.2) is 18.2 Å². The van der Waals surface area contributed by atoms with Crippen LogP contribution in [0, 0.1) is 0 Å². The second-order valence-electron chi connectivity index (χ2n) is 5.51. The second-order valence-corrected chi connectivity index (χ2v) is 5.51. The number of urea groups is 1. The van der Waals surface area contributed by atoms with Gasteiger partial charge in [0.05, 0.1) is 0 Å². The highest BCUT2D eigenvalue weighted by Gasteiger charge is 2.21. The molecule has 0 radical (unpaired) electrons. The fourth-order valence-electron chi connectivity index (χ4n) is 2.49. The first-order valence-corrected chi connectivity index (χ1v) is 7.67. The van der Waals surface area contributed by atoms with Gasteiger partial charge in [-0.25, -0.2) is 4.79 Å². The van der Waals surface area contributed by atoms with Crippen molar-refractivity contribution in [3.05, 3.63) is 23.8 Å². The lowest BCUT2D eigenvalue weighted by Crippen LogP contribution is -2.45. The summed E-state index contributed by atoms with van der Waals surface area (Å²) in [5.41, 5.74) is 2.74. The smallest absolute Gasteiger partial charge is 0.321 e. The Balaban J connectivity index is 2.02. The van der Waals surface area contributed by atoms with Gasteiger partial charge in [-0.15, -0.1) is 0 Å². The Kier molecular flexibility index (Phi) is 5.20. The maximum atomic E-state index is 11.9. The van der Waals surface area contributed by atoms with Gasteiger partial charge in [0.2, 0.25) is 11.8 Å². The van der Waals surface area contributed by atoms with E-state index >= 15 is 0 Å². The van der Waals surface area contributed by atoms with Gasteiger partial charge in [0.1, 0.15) is 6.04 Å². The van der Waals surface area contributed by atoms with Crippen LogP contribution < -0.4 is 20.9 Å². The molecule has 0 saturated carbocycles. The molecule has 1 aliphatic heterocycles. The molecule has 1 aromatic carbocycles. The van der Waals surface area contributed by atoms with Crippen molar-refractivity contribution in [2.24, 2.45) is 0 Å². The van der Waals surface area contributed by atoms with Gasteiger partial charge in [0, 0.05) is 31.4 Å². The number of anilines is 2. The van der Waals surface area contributed by atoms with Gasteiger partial charge in [-0.3, -0.25) is 14.9 Å². The number of nitrogens with one attached hydrogen (secondary N) is 3. The molecule has 1 aliphatic rings. The zero-order valence-corrected chi connectivity index (χ0v) is 13.6. The molecule has 7 nitrogen and oxygen atoms in total. The van der Waals surface area contributed by atoms with Crippen LogP contribution in [0.5, 0.6) is 0 Å². The molecular weight excluding hydrogens is 296 g/mol. The number of nitrogens with zero attached hydrogens (tertiary/aromatic N) is 1. The van der Waals surface area contributed by atoms with E-state index in [2.05, 4.69) is 16.0 Å². The lowest BCUT2D eigenvalue weighted by atomic mass is 10.0. The van der Waals surface area contributed by atoms with Gasteiger partial charge in [-0.05, 0) is 44.0 Å². The molecule has 124 valence electrons. The summed E-state index contributed by atoms with van der Waals surface area (Å²) in [5.74, 6) is -0.297. The van der Waals surface area contributed by atoms with Crippen molar-refractivity contribution in [1.29, 1.82) is 0 Å². The Bertz CT molecular complexity index is 630. The number of fused-ring (bicyclic) bond motifs is 1. The van der Waals surface area contributed by atoms with Crippen molar-refractivity contribution in [3.8, 4) is 0 Å². The van der Waals surface area contributed by atoms with Crippen LogP contribution in [0.3, 0.4) is 0 Å². The summed E-state index contributed by atoms with van der Waals surface area (Å²) < 4.78 is 0. The van der Waals surface area contributed by atoms with Crippen LogP contribution in [-0.2, 0) is 16.0 Å². The minimum absolute atomic E-state index is 0.105. The Morgan fingerprint density at radius 3 is 2.74 bits per heavy atom. The predicted molar refractivity (Wildman–Crippen MR) is 88.5 cm³/mol. The first kappa shape index (κ1) is 16.8. The molecule has 1 heterocycles. The number of hydrogen-bond acceptors (Lipinski definition) is 4. The van der Waals surface area contributed by atoms with Crippen LogP contribution >= 0.6 is 0 Å². The minimum Gasteiger partial charge on any atom is -0.374 e. The van der Waals surface area contributed by atoms with Crippen molar-refractivity contribution in [2.75, 3.05) is 23.8 Å². The normalized spacial score (nSPS) is 14.7. The van der Waals surface area contributed by atoms with Gasteiger partial charge in [-0.1, -0.05) is 0 Å². The molecule has 0 spiro atoms. The molecule has 0 saturated heterocycles. The second kappa shape index (κ2) is 7.13. The molecular formula is C16H22N4O3. The molecule has 4 amide bonds. The van der Waals surface area contributed by atoms with Crippen molar-refractivity contribution >= 4 is 29.2 Å². The average molecular weight is 318 g/mol. The Labute approximate surface area is 135 Å². The number of amides is 4. The third-order valence-corrected chi connectivity index (χ3v) is 3.77. The summed E-state index contributed by atoms with van der Waals surface area (Å²) in [5, 5.41) is 7.85. The maximum absolute atomic E-state index is 11.9. The highest BCUT2D eigenvalue weighted by Crippen LogP contribution is 2.29. The zero-order valence-electron chi connectivity index (χ0n) is 13.6. The first-order chi connectivity index (χ1) is 10.9. The lowest BCUT2D eigenvalue weighted by Gasteiger charge is -2.26. The Hall–Kier alpha value is -2.57. The van der Waals surface area contributed by atoms with Crippen molar-refractivity contribution < 1.29 is 14.4 Å². The molecule has 1 atom stereocenters. The molecule has 1 aromatic rings. The topological polar surface area (TPSA) is 90.5 Å². The lowest BCUT2D eigenvalue weighted by molar-refractivity contribution is -0.120. The van der Waals surface area contributed by atoms with Crippen LogP contribution in [-0.4, -0.2) is 37.5 Å². The molecule has 0 fully saturated rings. The molecule has 3 N–H and O–H groups in total. The number of imide groups is 1. The van der Waals surface area contributed by atoms with E-state index in [0.29, 0.717) is 19.4 Å². The number of hydrogen-bond donors (Lipinski definition) is 3. The number of carbonyl (C=O) groups excluding carboxylic acids is 3. The molecule has 2 rings (SSSR count). The van der Waals surface area contributed by atoms with E-state index in [1.807, 2.05) is 18.2 Å². The van der Waals surface area contributed by atoms with Gasteiger partial charge in [0.15, 0.2) is 0 Å². The number of aryl methyl sites for hydroxylation is 1. The summed E-state index contributed by atoms with van der Waals surface area (Å²) in [6.45, 7) is 3.92. The number of carbonyl (C=O) groups is 3. The van der Waals surface area contributed by atoms with Crippen molar-refractivity contribution in [2.45, 2.75) is 32.7 Å². The van der Waals surface area contributed by atoms with E-state index in [1.54, 1.807) is 25.8 Å². The third kappa shape index (κ3) is 4.00. The van der Waals surface area contributed by atoms with Crippen LogP contribution in [0.25, 0.3) is 0 Å². The largest absolute Gasteiger partial charge is 0.374 e. The summed E-state index contributed by atoms with van der Waals surface area (Å²) in [6, 6.07) is 4.57. The zero-order chi connectivity index (χ0) is 17.0. The van der Waals surface area contributed by atoms with E-state index in [-0.39, 0.29) is 5.91 Å². The van der Waals surface area contributed by atoms with E-state index in [0.717, 1.165) is 16.9 Å². The van der Waals surface area contributed by atoms with Crippen LogP contribution in [0.2, 0.25) is 0 Å². The van der Waals surface area contributed by atoms with Gasteiger partial charge >= 0.3 is 6.03 Å². The van der Waals surface area contributed by atoms with Crippen LogP contribution in [0.4, 0.5) is 16.2 Å². The predicted octanol–water partition coefficient (Wildman–Crippen LogP) is 1.24. The minimum atomic E-state index is -0.557. The van der Waals surface area contributed by atoms with E-state index < -0.39 is 18.0 Å². The molecule has 0 unspecified atom stereocenters. The molecule has 7 heteroatoms. The highest BCUT2D eigenvalue weighted by molar-refractivity contribution is 5.98. The van der Waals surface area contributed by atoms with Gasteiger partial charge < -0.3 is 15.5 Å².